The van der Waals surface area contributed by atoms with Crippen LogP contribution in [0.5, 0.6) is 0 Å². The first kappa shape index (κ1) is 9.26. The number of rotatable bonds is 2. The summed E-state index contributed by atoms with van der Waals surface area (Å²) in [6, 6.07) is 8.11. The van der Waals surface area contributed by atoms with Gasteiger partial charge in [0.1, 0.15) is 0 Å². The first-order valence-corrected chi connectivity index (χ1v) is 4.52. The summed E-state index contributed by atoms with van der Waals surface area (Å²) in [5.74, 6) is 5.33. The summed E-state index contributed by atoms with van der Waals surface area (Å²) in [5, 5.41) is 3.50. The van der Waals surface area contributed by atoms with Gasteiger partial charge in [-0.05, 0) is 17.7 Å². The molecule has 0 aliphatic rings. The quantitative estimate of drug-likeness (QED) is 0.470. The first-order valence-electron chi connectivity index (χ1n) is 3.73. The molecule has 0 aliphatic heterocycles. The summed E-state index contributed by atoms with van der Waals surface area (Å²) in [7, 11) is 0. The molecule has 0 radical (unpaired) electrons. The second-order valence-corrected chi connectivity index (χ2v) is 3.56. The number of nitrogens with zero attached hydrogens (tertiary/aromatic N) is 1. The number of hydrazone groups is 1. The minimum Gasteiger partial charge on any atom is -0.324 e. The van der Waals surface area contributed by atoms with Gasteiger partial charge < -0.3 is 5.84 Å². The van der Waals surface area contributed by atoms with Crippen LogP contribution in [0.3, 0.4) is 0 Å². The molecule has 2 nitrogen and oxygen atoms in total. The number of halogens is 1. The van der Waals surface area contributed by atoms with Crippen LogP contribution in [0.15, 0.2) is 33.8 Å². The van der Waals surface area contributed by atoms with Crippen LogP contribution in [0.4, 0.5) is 0 Å². The monoisotopic (exact) mass is 226 g/mol. The molecule has 64 valence electrons. The van der Waals surface area contributed by atoms with E-state index in [2.05, 4.69) is 40.1 Å². The molecule has 1 unspecified atom stereocenters. The van der Waals surface area contributed by atoms with Crippen LogP contribution in [-0.4, -0.2) is 6.21 Å². The van der Waals surface area contributed by atoms with E-state index >= 15 is 0 Å². The van der Waals surface area contributed by atoms with Gasteiger partial charge in [0.05, 0.1) is 0 Å². The van der Waals surface area contributed by atoms with Gasteiger partial charge in [-0.3, -0.25) is 0 Å². The summed E-state index contributed by atoms with van der Waals surface area (Å²) in [6.07, 6.45) is 1.72. The molecule has 1 aromatic rings. The average Bonchev–Trinajstić information content (AvgIpc) is 2.05. The molecule has 0 fully saturated rings. The molecule has 0 spiro atoms. The molecular weight excluding hydrogens is 216 g/mol. The lowest BCUT2D eigenvalue weighted by Crippen LogP contribution is -1.96. The van der Waals surface area contributed by atoms with E-state index < -0.39 is 0 Å². The predicted octanol–water partition coefficient (Wildman–Crippen LogP) is 2.50. The maximum Gasteiger partial charge on any atom is 0.0312 e. The highest BCUT2D eigenvalue weighted by molar-refractivity contribution is 9.10. The lowest BCUT2D eigenvalue weighted by Gasteiger charge is -2.04. The highest BCUT2D eigenvalue weighted by Gasteiger charge is 2.01. The van der Waals surface area contributed by atoms with Crippen molar-refractivity contribution in [3.8, 4) is 0 Å². The molecule has 0 saturated carbocycles. The topological polar surface area (TPSA) is 38.4 Å². The predicted molar refractivity (Wildman–Crippen MR) is 55.2 cm³/mol. The largest absolute Gasteiger partial charge is 0.324 e. The SMILES string of the molecule is CC(/C=N/N)c1cccc(Br)c1. The number of benzene rings is 1. The van der Waals surface area contributed by atoms with Gasteiger partial charge in [0.2, 0.25) is 0 Å². The van der Waals surface area contributed by atoms with Crippen molar-refractivity contribution in [2.75, 3.05) is 0 Å². The van der Waals surface area contributed by atoms with E-state index in [9.17, 15) is 0 Å². The Morgan fingerprint density at radius 3 is 2.92 bits per heavy atom. The van der Waals surface area contributed by atoms with Gasteiger partial charge in [0, 0.05) is 16.6 Å². The zero-order chi connectivity index (χ0) is 8.97. The minimum absolute atomic E-state index is 0.271. The second kappa shape index (κ2) is 4.26. The highest BCUT2D eigenvalue weighted by atomic mass is 79.9. The maximum atomic E-state index is 5.06. The molecule has 1 aromatic carbocycles. The summed E-state index contributed by atoms with van der Waals surface area (Å²) in [6.45, 7) is 2.05. The Balaban J connectivity index is 2.87. The standard InChI is InChI=1S/C9H11BrN2/c1-7(6-12-11)8-3-2-4-9(10)5-8/h2-7H,11H2,1H3/b12-6+. The Kier molecular flexibility index (Phi) is 3.29. The Hall–Kier alpha value is -0.830. The van der Waals surface area contributed by atoms with Crippen LogP contribution in [-0.2, 0) is 0 Å². The van der Waals surface area contributed by atoms with Crippen molar-refractivity contribution in [1.29, 1.82) is 0 Å². The van der Waals surface area contributed by atoms with Crippen molar-refractivity contribution in [3.05, 3.63) is 34.3 Å². The molecule has 0 bridgehead atoms. The summed E-state index contributed by atoms with van der Waals surface area (Å²) in [5.41, 5.74) is 1.21. The molecule has 0 aliphatic carbocycles. The van der Waals surface area contributed by atoms with Crippen molar-refractivity contribution < 1.29 is 0 Å². The molecule has 1 rings (SSSR count). The van der Waals surface area contributed by atoms with E-state index in [4.69, 9.17) is 5.84 Å². The normalized spacial score (nSPS) is 13.5. The fourth-order valence-electron chi connectivity index (χ4n) is 1.00. The van der Waals surface area contributed by atoms with Crippen LogP contribution >= 0.6 is 15.9 Å². The summed E-state index contributed by atoms with van der Waals surface area (Å²) >= 11 is 3.41. The molecule has 0 heterocycles. The van der Waals surface area contributed by atoms with Crippen molar-refractivity contribution in [2.45, 2.75) is 12.8 Å². The zero-order valence-corrected chi connectivity index (χ0v) is 8.45. The number of hydrogen-bond acceptors (Lipinski definition) is 2. The molecule has 2 N–H and O–H groups in total. The fourth-order valence-corrected chi connectivity index (χ4v) is 1.42. The fraction of sp³-hybridized carbons (Fsp3) is 0.222. The van der Waals surface area contributed by atoms with Gasteiger partial charge in [-0.15, -0.1) is 0 Å². The Morgan fingerprint density at radius 2 is 2.33 bits per heavy atom. The van der Waals surface area contributed by atoms with Gasteiger partial charge >= 0.3 is 0 Å². The summed E-state index contributed by atoms with van der Waals surface area (Å²) < 4.78 is 1.08. The van der Waals surface area contributed by atoms with E-state index in [1.807, 2.05) is 12.1 Å². The van der Waals surface area contributed by atoms with Gasteiger partial charge in [0.15, 0.2) is 0 Å². The van der Waals surface area contributed by atoms with Crippen LogP contribution in [0.25, 0.3) is 0 Å². The Bertz CT molecular complexity index is 284. The van der Waals surface area contributed by atoms with Gasteiger partial charge in [0.25, 0.3) is 0 Å². The van der Waals surface area contributed by atoms with Crippen LogP contribution in [0, 0.1) is 0 Å². The Morgan fingerprint density at radius 1 is 1.58 bits per heavy atom. The van der Waals surface area contributed by atoms with E-state index in [-0.39, 0.29) is 5.92 Å². The van der Waals surface area contributed by atoms with E-state index in [0.29, 0.717) is 0 Å². The zero-order valence-electron chi connectivity index (χ0n) is 6.87. The average molecular weight is 227 g/mol. The van der Waals surface area contributed by atoms with Crippen molar-refractivity contribution in [1.82, 2.24) is 0 Å². The lowest BCUT2D eigenvalue weighted by atomic mass is 10.0. The van der Waals surface area contributed by atoms with Gasteiger partial charge in [-0.2, -0.15) is 5.10 Å². The number of hydrogen-bond donors (Lipinski definition) is 1. The van der Waals surface area contributed by atoms with Crippen LogP contribution in [0.2, 0.25) is 0 Å². The van der Waals surface area contributed by atoms with Gasteiger partial charge in [-0.25, -0.2) is 0 Å². The van der Waals surface area contributed by atoms with E-state index in [1.54, 1.807) is 6.21 Å². The smallest absolute Gasteiger partial charge is 0.0312 e. The molecular formula is C9H11BrN2. The maximum absolute atomic E-state index is 5.06. The third-order valence-corrected chi connectivity index (χ3v) is 2.18. The van der Waals surface area contributed by atoms with E-state index in [0.717, 1.165) is 4.47 Å². The number of nitrogens with two attached hydrogens (primary N) is 1. The lowest BCUT2D eigenvalue weighted by molar-refractivity contribution is 1.03. The molecule has 0 amide bonds. The Labute approximate surface area is 80.6 Å². The first-order chi connectivity index (χ1) is 5.74. The summed E-state index contributed by atoms with van der Waals surface area (Å²) in [4.78, 5) is 0. The molecule has 0 aromatic heterocycles. The van der Waals surface area contributed by atoms with Gasteiger partial charge in [-0.1, -0.05) is 35.0 Å². The molecule has 3 heteroatoms. The van der Waals surface area contributed by atoms with Crippen LogP contribution < -0.4 is 5.84 Å². The van der Waals surface area contributed by atoms with Crippen molar-refractivity contribution in [2.24, 2.45) is 10.9 Å². The molecule has 12 heavy (non-hydrogen) atoms. The molecule has 1 atom stereocenters. The van der Waals surface area contributed by atoms with Crippen molar-refractivity contribution in [3.63, 3.8) is 0 Å². The second-order valence-electron chi connectivity index (χ2n) is 2.64. The third-order valence-electron chi connectivity index (χ3n) is 1.68. The molecule has 0 saturated heterocycles. The highest BCUT2D eigenvalue weighted by Crippen LogP contribution is 2.17. The van der Waals surface area contributed by atoms with Crippen LogP contribution in [0.1, 0.15) is 18.4 Å². The van der Waals surface area contributed by atoms with E-state index in [1.165, 1.54) is 5.56 Å². The third kappa shape index (κ3) is 2.34. The minimum atomic E-state index is 0.271. The van der Waals surface area contributed by atoms with Crippen molar-refractivity contribution >= 4 is 22.1 Å².